The van der Waals surface area contributed by atoms with Crippen molar-refractivity contribution in [1.29, 1.82) is 0 Å². The maximum Gasteiger partial charge on any atom is 0.321 e. The minimum absolute atomic E-state index is 0.232. The number of hydrogen-bond donors (Lipinski definition) is 2. The summed E-state index contributed by atoms with van der Waals surface area (Å²) in [4.78, 5) is 33.1. The van der Waals surface area contributed by atoms with Crippen molar-refractivity contribution in [3.05, 3.63) is 108 Å². The number of nitrogens with zero attached hydrogens (tertiary/aromatic N) is 4. The Morgan fingerprint density at radius 2 is 1.86 bits per heavy atom. The Hall–Kier alpha value is -5.39. The number of aromatic nitrogens is 4. The van der Waals surface area contributed by atoms with Crippen LogP contribution in [0.15, 0.2) is 91.5 Å². The maximum absolute atomic E-state index is 13.6. The molecule has 10 nitrogen and oxygen atoms in total. The molecular weight excluding hydrogens is 570 g/mol. The van der Waals surface area contributed by atoms with Crippen LogP contribution in [0.25, 0.3) is 16.6 Å². The molecule has 0 fully saturated rings. The second-order valence-electron chi connectivity index (χ2n) is 10.2. The number of nitrogens with one attached hydrogen (secondary N) is 2. The number of alkyl halides is 2. The molecule has 2 amide bonds. The number of benzene rings is 2. The van der Waals surface area contributed by atoms with Crippen LogP contribution in [0.5, 0.6) is 11.6 Å². The van der Waals surface area contributed by atoms with Gasteiger partial charge in [0.05, 0.1) is 30.6 Å². The van der Waals surface area contributed by atoms with Crippen LogP contribution in [0.2, 0.25) is 0 Å². The van der Waals surface area contributed by atoms with Crippen molar-refractivity contribution in [3.63, 3.8) is 0 Å². The first-order valence-electron chi connectivity index (χ1n) is 13.7. The van der Waals surface area contributed by atoms with Gasteiger partial charge >= 0.3 is 5.92 Å². The molecule has 0 aliphatic carbocycles. The van der Waals surface area contributed by atoms with E-state index in [1.807, 2.05) is 18.2 Å². The van der Waals surface area contributed by atoms with Crippen molar-refractivity contribution >= 4 is 22.7 Å². The third kappa shape index (κ3) is 6.97. The molecule has 12 heteroatoms. The lowest BCUT2D eigenvalue weighted by Crippen LogP contribution is -2.46. The fraction of sp³-hybridized carbons (Fsp3) is 0.219. The monoisotopic (exact) mass is 600 g/mol. The van der Waals surface area contributed by atoms with E-state index in [-0.39, 0.29) is 5.91 Å². The van der Waals surface area contributed by atoms with E-state index in [9.17, 15) is 18.4 Å². The van der Waals surface area contributed by atoms with Crippen LogP contribution in [0.3, 0.4) is 0 Å². The molecule has 2 atom stereocenters. The number of pyridine rings is 2. The van der Waals surface area contributed by atoms with E-state index in [0.29, 0.717) is 41.9 Å². The topological polar surface area (TPSA) is 120 Å². The highest BCUT2D eigenvalue weighted by Crippen LogP contribution is 2.30. The number of amides is 2. The molecule has 3 aromatic heterocycles. The van der Waals surface area contributed by atoms with Crippen molar-refractivity contribution in [3.8, 4) is 17.3 Å². The van der Waals surface area contributed by atoms with Crippen molar-refractivity contribution in [2.75, 3.05) is 7.11 Å². The van der Waals surface area contributed by atoms with E-state index < -0.39 is 24.0 Å². The standard InChI is InChI=1S/C32H30F2N6O4/c1-20(39-31(42)32(2,33)34)29(23-9-12-28(43-3)36-18-23)44-26-10-11-27-24(15-26)19-38-40(27)25-8-4-7-22(14-25)30(41)37-17-21-6-5-13-35-16-21/h4-16,18-20,29H,17H2,1-3H3,(H,37,41)(H,39,42)/t20-,29-/m0/s1. The predicted molar refractivity (Wildman–Crippen MR) is 159 cm³/mol. The summed E-state index contributed by atoms with van der Waals surface area (Å²) in [5, 5.41) is 10.5. The van der Waals surface area contributed by atoms with Crippen molar-refractivity contribution < 1.29 is 27.8 Å². The van der Waals surface area contributed by atoms with Crippen LogP contribution >= 0.6 is 0 Å². The number of fused-ring (bicyclic) bond motifs is 1. The fourth-order valence-electron chi connectivity index (χ4n) is 4.55. The van der Waals surface area contributed by atoms with Crippen molar-refractivity contribution in [2.24, 2.45) is 0 Å². The highest BCUT2D eigenvalue weighted by Gasteiger charge is 2.35. The number of rotatable bonds is 11. The van der Waals surface area contributed by atoms with Gasteiger partial charge < -0.3 is 20.1 Å². The fourth-order valence-corrected chi connectivity index (χ4v) is 4.55. The van der Waals surface area contributed by atoms with Gasteiger partial charge in [0, 0.05) is 54.6 Å². The summed E-state index contributed by atoms with van der Waals surface area (Å²) in [7, 11) is 1.48. The highest BCUT2D eigenvalue weighted by molar-refractivity contribution is 5.95. The Morgan fingerprint density at radius 3 is 2.57 bits per heavy atom. The van der Waals surface area contributed by atoms with Crippen molar-refractivity contribution in [2.45, 2.75) is 38.5 Å². The van der Waals surface area contributed by atoms with Crippen molar-refractivity contribution in [1.82, 2.24) is 30.4 Å². The summed E-state index contributed by atoms with van der Waals surface area (Å²) in [6.45, 7) is 2.46. The SMILES string of the molecule is COc1ccc([C@@H](Oc2ccc3c(cnn3-c3cccc(C(=O)NCc4cccnc4)c3)c2)[C@H](C)NC(=O)C(C)(F)F)cn1. The third-order valence-electron chi connectivity index (χ3n) is 6.84. The van der Waals surface area contributed by atoms with E-state index >= 15 is 0 Å². The molecular formula is C32H30F2N6O4. The van der Waals surface area contributed by atoms with Gasteiger partial charge in [0.2, 0.25) is 5.88 Å². The molecule has 2 N–H and O–H groups in total. The molecule has 5 aromatic rings. The number of hydrogen-bond acceptors (Lipinski definition) is 7. The second kappa shape index (κ2) is 12.9. The van der Waals surface area contributed by atoms with Crippen LogP contribution in [-0.2, 0) is 11.3 Å². The number of halogens is 2. The van der Waals surface area contributed by atoms with Crippen LogP contribution in [0.1, 0.15) is 41.4 Å². The largest absolute Gasteiger partial charge is 0.484 e. The predicted octanol–water partition coefficient (Wildman–Crippen LogP) is 5.03. The first kappa shape index (κ1) is 30.1. The zero-order valence-corrected chi connectivity index (χ0v) is 24.2. The molecule has 0 saturated carbocycles. The Morgan fingerprint density at radius 1 is 1.02 bits per heavy atom. The Bertz CT molecular complexity index is 1760. The third-order valence-corrected chi connectivity index (χ3v) is 6.84. The van der Waals surface area contributed by atoms with Gasteiger partial charge in [-0.15, -0.1) is 0 Å². The minimum Gasteiger partial charge on any atom is -0.484 e. The zero-order valence-electron chi connectivity index (χ0n) is 24.2. The Balaban J connectivity index is 1.37. The van der Waals surface area contributed by atoms with E-state index in [4.69, 9.17) is 9.47 Å². The number of carbonyl (C=O) groups is 2. The summed E-state index contributed by atoms with van der Waals surface area (Å²) >= 11 is 0. The number of ether oxygens (including phenoxy) is 2. The van der Waals surface area contributed by atoms with Crippen LogP contribution in [0, 0.1) is 0 Å². The number of carbonyl (C=O) groups excluding carboxylic acids is 2. The molecule has 0 spiro atoms. The summed E-state index contributed by atoms with van der Waals surface area (Å²) in [5.41, 5.74) is 3.34. The molecule has 0 aliphatic rings. The molecule has 2 aromatic carbocycles. The normalized spacial score (nSPS) is 12.8. The minimum atomic E-state index is -3.55. The van der Waals surface area contributed by atoms with Crippen LogP contribution in [-0.4, -0.2) is 50.6 Å². The van der Waals surface area contributed by atoms with E-state index in [1.54, 1.807) is 78.7 Å². The van der Waals surface area contributed by atoms with E-state index in [2.05, 4.69) is 25.7 Å². The Labute approximate surface area is 252 Å². The zero-order chi connectivity index (χ0) is 31.3. The van der Waals surface area contributed by atoms with Gasteiger partial charge in [-0.1, -0.05) is 12.1 Å². The quantitative estimate of drug-likeness (QED) is 0.218. The molecule has 44 heavy (non-hydrogen) atoms. The van der Waals surface area contributed by atoms with Gasteiger partial charge in [0.25, 0.3) is 11.8 Å². The summed E-state index contributed by atoms with van der Waals surface area (Å²) in [6, 6.07) is 18.5. The van der Waals surface area contributed by atoms with E-state index in [0.717, 1.165) is 16.5 Å². The molecule has 5 rings (SSSR count). The lowest BCUT2D eigenvalue weighted by Gasteiger charge is -2.27. The molecule has 0 aliphatic heterocycles. The number of methoxy groups -OCH3 is 1. The average Bonchev–Trinajstić information content (AvgIpc) is 3.46. The molecule has 226 valence electrons. The van der Waals surface area contributed by atoms with E-state index in [1.165, 1.54) is 13.3 Å². The Kier molecular flexibility index (Phi) is 8.79. The highest BCUT2D eigenvalue weighted by atomic mass is 19.3. The van der Waals surface area contributed by atoms with Gasteiger partial charge in [0.1, 0.15) is 11.9 Å². The second-order valence-corrected chi connectivity index (χ2v) is 10.2. The van der Waals surface area contributed by atoms with Crippen LogP contribution in [0.4, 0.5) is 8.78 Å². The average molecular weight is 601 g/mol. The first-order chi connectivity index (χ1) is 21.1. The summed E-state index contributed by atoms with van der Waals surface area (Å²) < 4.78 is 40.4. The van der Waals surface area contributed by atoms with Gasteiger partial charge in [0.15, 0.2) is 0 Å². The summed E-state index contributed by atoms with van der Waals surface area (Å²) in [5.74, 6) is -4.41. The van der Waals surface area contributed by atoms with Crippen LogP contribution < -0.4 is 20.1 Å². The lowest BCUT2D eigenvalue weighted by molar-refractivity contribution is -0.144. The lowest BCUT2D eigenvalue weighted by atomic mass is 10.0. The smallest absolute Gasteiger partial charge is 0.321 e. The molecule has 0 bridgehead atoms. The molecule has 3 heterocycles. The molecule has 0 saturated heterocycles. The van der Waals surface area contributed by atoms with Gasteiger partial charge in [-0.2, -0.15) is 13.9 Å². The molecule has 0 unspecified atom stereocenters. The first-order valence-corrected chi connectivity index (χ1v) is 13.7. The molecule has 0 radical (unpaired) electrons. The van der Waals surface area contributed by atoms with Gasteiger partial charge in [-0.05, 0) is 61.0 Å². The van der Waals surface area contributed by atoms with Gasteiger partial charge in [-0.3, -0.25) is 14.6 Å². The maximum atomic E-state index is 13.6. The van der Waals surface area contributed by atoms with Gasteiger partial charge in [-0.25, -0.2) is 9.67 Å². The summed E-state index contributed by atoms with van der Waals surface area (Å²) in [6.07, 6.45) is 5.68.